The van der Waals surface area contributed by atoms with Gasteiger partial charge in [0.05, 0.1) is 0 Å². The van der Waals surface area contributed by atoms with Gasteiger partial charge in [-0.3, -0.25) is 4.79 Å². The molecular formula is C17H18BrNO. The standard InChI is InChI=1S/C17H18BrNO/c1-3-12-6-5-7-13(4-2)16(12)19-17(20)14-8-10-15(18)11-9-14/h5-11H,3-4H2,1-2H3,(H,19,20). The molecule has 20 heavy (non-hydrogen) atoms. The molecule has 0 aliphatic carbocycles. The molecule has 0 saturated heterocycles. The zero-order chi connectivity index (χ0) is 14.5. The zero-order valence-corrected chi connectivity index (χ0v) is 13.3. The maximum absolute atomic E-state index is 12.3. The van der Waals surface area contributed by atoms with Gasteiger partial charge in [0.25, 0.3) is 5.91 Å². The molecule has 1 amide bonds. The van der Waals surface area contributed by atoms with Crippen molar-refractivity contribution in [3.63, 3.8) is 0 Å². The topological polar surface area (TPSA) is 29.1 Å². The molecule has 104 valence electrons. The minimum atomic E-state index is -0.0619. The van der Waals surface area contributed by atoms with Gasteiger partial charge in [-0.25, -0.2) is 0 Å². The van der Waals surface area contributed by atoms with Crippen molar-refractivity contribution in [3.8, 4) is 0 Å². The van der Waals surface area contributed by atoms with Crippen LogP contribution in [0.3, 0.4) is 0 Å². The lowest BCUT2D eigenvalue weighted by atomic mass is 10.0. The quantitative estimate of drug-likeness (QED) is 0.854. The number of hydrogen-bond acceptors (Lipinski definition) is 1. The smallest absolute Gasteiger partial charge is 0.255 e. The van der Waals surface area contributed by atoms with Gasteiger partial charge in [0.2, 0.25) is 0 Å². The third kappa shape index (κ3) is 3.28. The minimum Gasteiger partial charge on any atom is -0.321 e. The summed E-state index contributed by atoms with van der Waals surface area (Å²) in [6.45, 7) is 4.20. The maximum atomic E-state index is 12.3. The minimum absolute atomic E-state index is 0.0619. The molecule has 0 spiro atoms. The van der Waals surface area contributed by atoms with E-state index in [1.54, 1.807) is 0 Å². The average Bonchev–Trinajstić information content (AvgIpc) is 2.48. The van der Waals surface area contributed by atoms with Crippen molar-refractivity contribution in [2.75, 3.05) is 5.32 Å². The van der Waals surface area contributed by atoms with Gasteiger partial charge in [0, 0.05) is 15.7 Å². The molecule has 0 aromatic heterocycles. The second-order valence-corrected chi connectivity index (χ2v) is 5.54. The molecule has 2 aromatic carbocycles. The van der Waals surface area contributed by atoms with E-state index in [0.29, 0.717) is 5.56 Å². The van der Waals surface area contributed by atoms with E-state index in [-0.39, 0.29) is 5.91 Å². The van der Waals surface area contributed by atoms with Crippen LogP contribution in [0.2, 0.25) is 0 Å². The van der Waals surface area contributed by atoms with E-state index in [4.69, 9.17) is 0 Å². The molecule has 3 heteroatoms. The van der Waals surface area contributed by atoms with Crippen LogP contribution in [-0.2, 0) is 12.8 Å². The van der Waals surface area contributed by atoms with Gasteiger partial charge < -0.3 is 5.32 Å². The van der Waals surface area contributed by atoms with Crippen LogP contribution in [0.1, 0.15) is 35.3 Å². The summed E-state index contributed by atoms with van der Waals surface area (Å²) >= 11 is 3.38. The highest BCUT2D eigenvalue weighted by Gasteiger charge is 2.11. The Labute approximate surface area is 128 Å². The molecule has 0 atom stereocenters. The van der Waals surface area contributed by atoms with Crippen LogP contribution in [0.25, 0.3) is 0 Å². The number of rotatable bonds is 4. The first-order valence-electron chi connectivity index (χ1n) is 6.83. The van der Waals surface area contributed by atoms with E-state index < -0.39 is 0 Å². The SMILES string of the molecule is CCc1cccc(CC)c1NC(=O)c1ccc(Br)cc1. The van der Waals surface area contributed by atoms with Gasteiger partial charge in [0.15, 0.2) is 0 Å². The molecule has 0 heterocycles. The largest absolute Gasteiger partial charge is 0.321 e. The lowest BCUT2D eigenvalue weighted by Crippen LogP contribution is -2.14. The fraction of sp³-hybridized carbons (Fsp3) is 0.235. The highest BCUT2D eigenvalue weighted by molar-refractivity contribution is 9.10. The van der Waals surface area contributed by atoms with Crippen LogP contribution in [0.5, 0.6) is 0 Å². The fourth-order valence-corrected chi connectivity index (χ4v) is 2.45. The highest BCUT2D eigenvalue weighted by atomic mass is 79.9. The van der Waals surface area contributed by atoms with Crippen LogP contribution in [0.4, 0.5) is 5.69 Å². The van der Waals surface area contributed by atoms with E-state index in [2.05, 4.69) is 47.2 Å². The molecule has 1 N–H and O–H groups in total. The highest BCUT2D eigenvalue weighted by Crippen LogP contribution is 2.23. The molecule has 0 aliphatic rings. The van der Waals surface area contributed by atoms with E-state index in [9.17, 15) is 4.79 Å². The number of carbonyl (C=O) groups excluding carboxylic acids is 1. The molecule has 0 bridgehead atoms. The summed E-state index contributed by atoms with van der Waals surface area (Å²) in [5.41, 5.74) is 3.98. The van der Waals surface area contributed by atoms with E-state index in [0.717, 1.165) is 23.0 Å². The van der Waals surface area contributed by atoms with Gasteiger partial charge in [-0.15, -0.1) is 0 Å². The van der Waals surface area contributed by atoms with E-state index in [1.165, 1.54) is 11.1 Å². The summed E-state index contributed by atoms with van der Waals surface area (Å²) < 4.78 is 0.970. The Morgan fingerprint density at radius 3 is 2.05 bits per heavy atom. The van der Waals surface area contributed by atoms with Crippen molar-refractivity contribution in [1.82, 2.24) is 0 Å². The number of hydrogen-bond donors (Lipinski definition) is 1. The predicted molar refractivity (Wildman–Crippen MR) is 87.3 cm³/mol. The molecule has 2 rings (SSSR count). The average molecular weight is 332 g/mol. The van der Waals surface area contributed by atoms with Crippen molar-refractivity contribution in [2.45, 2.75) is 26.7 Å². The van der Waals surface area contributed by atoms with Crippen LogP contribution in [0, 0.1) is 0 Å². The summed E-state index contributed by atoms with van der Waals surface area (Å²) in [7, 11) is 0. The van der Waals surface area contributed by atoms with Gasteiger partial charge >= 0.3 is 0 Å². The Morgan fingerprint density at radius 1 is 1.00 bits per heavy atom. The predicted octanol–water partition coefficient (Wildman–Crippen LogP) is 4.83. The van der Waals surface area contributed by atoms with E-state index >= 15 is 0 Å². The normalized spacial score (nSPS) is 10.3. The van der Waals surface area contributed by atoms with Crippen LogP contribution in [-0.4, -0.2) is 5.91 Å². The van der Waals surface area contributed by atoms with Crippen LogP contribution >= 0.6 is 15.9 Å². The first kappa shape index (κ1) is 14.8. The first-order chi connectivity index (χ1) is 9.65. The number of anilines is 1. The lowest BCUT2D eigenvalue weighted by Gasteiger charge is -2.14. The lowest BCUT2D eigenvalue weighted by molar-refractivity contribution is 0.102. The Hall–Kier alpha value is -1.61. The van der Waals surface area contributed by atoms with Crippen molar-refractivity contribution in [2.24, 2.45) is 0 Å². The third-order valence-electron chi connectivity index (χ3n) is 3.34. The summed E-state index contributed by atoms with van der Waals surface area (Å²) in [5, 5.41) is 3.06. The van der Waals surface area contributed by atoms with Crippen molar-refractivity contribution in [3.05, 3.63) is 63.6 Å². The molecular weight excluding hydrogens is 314 g/mol. The second kappa shape index (κ2) is 6.71. The maximum Gasteiger partial charge on any atom is 0.255 e. The summed E-state index contributed by atoms with van der Waals surface area (Å²) in [4.78, 5) is 12.3. The number of carbonyl (C=O) groups is 1. The number of para-hydroxylation sites is 1. The Kier molecular flexibility index (Phi) is 4.96. The first-order valence-corrected chi connectivity index (χ1v) is 7.62. The molecule has 0 fully saturated rings. The number of nitrogens with one attached hydrogen (secondary N) is 1. The molecule has 2 aromatic rings. The van der Waals surface area contributed by atoms with Crippen LogP contribution < -0.4 is 5.32 Å². The fourth-order valence-electron chi connectivity index (χ4n) is 2.19. The zero-order valence-electron chi connectivity index (χ0n) is 11.7. The second-order valence-electron chi connectivity index (χ2n) is 4.62. The monoisotopic (exact) mass is 331 g/mol. The van der Waals surface area contributed by atoms with Crippen molar-refractivity contribution >= 4 is 27.5 Å². The number of halogens is 1. The number of benzene rings is 2. The molecule has 0 radical (unpaired) electrons. The molecule has 0 aliphatic heterocycles. The number of aryl methyl sites for hydroxylation is 2. The van der Waals surface area contributed by atoms with E-state index in [1.807, 2.05) is 30.3 Å². The Balaban J connectivity index is 2.29. The van der Waals surface area contributed by atoms with Crippen molar-refractivity contribution < 1.29 is 4.79 Å². The van der Waals surface area contributed by atoms with Gasteiger partial charge in [-0.05, 0) is 48.2 Å². The number of amides is 1. The van der Waals surface area contributed by atoms with Crippen molar-refractivity contribution in [1.29, 1.82) is 0 Å². The summed E-state index contributed by atoms with van der Waals surface area (Å²) in [6.07, 6.45) is 1.81. The molecule has 2 nitrogen and oxygen atoms in total. The van der Waals surface area contributed by atoms with Gasteiger partial charge in [-0.2, -0.15) is 0 Å². The van der Waals surface area contributed by atoms with Crippen LogP contribution in [0.15, 0.2) is 46.9 Å². The summed E-state index contributed by atoms with van der Waals surface area (Å²) in [5.74, 6) is -0.0619. The molecule has 0 unspecified atom stereocenters. The Morgan fingerprint density at radius 2 is 1.55 bits per heavy atom. The van der Waals surface area contributed by atoms with Gasteiger partial charge in [-0.1, -0.05) is 48.0 Å². The summed E-state index contributed by atoms with van der Waals surface area (Å²) in [6, 6.07) is 13.6. The Bertz CT molecular complexity index is 583. The van der Waals surface area contributed by atoms with Gasteiger partial charge in [0.1, 0.15) is 0 Å². The molecule has 0 saturated carbocycles. The third-order valence-corrected chi connectivity index (χ3v) is 3.87.